The Hall–Kier alpha value is -3.32. The van der Waals surface area contributed by atoms with Crippen molar-refractivity contribution >= 4 is 16.9 Å². The zero-order valence-electron chi connectivity index (χ0n) is 18.7. The lowest BCUT2D eigenvalue weighted by Crippen LogP contribution is -2.31. The van der Waals surface area contributed by atoms with Crippen molar-refractivity contribution in [3.05, 3.63) is 69.6 Å². The molecule has 3 aromatic rings. The van der Waals surface area contributed by atoms with E-state index in [1.165, 1.54) is 0 Å². The van der Waals surface area contributed by atoms with Gasteiger partial charge in [0.15, 0.2) is 16.9 Å². The lowest BCUT2D eigenvalue weighted by molar-refractivity contribution is 0.0593. The summed E-state index contributed by atoms with van der Waals surface area (Å²) in [6, 6.07) is 11.8. The van der Waals surface area contributed by atoms with Crippen molar-refractivity contribution in [3.63, 3.8) is 0 Å². The molecule has 1 aliphatic rings. The molecular formula is C25H27NO6. The van der Waals surface area contributed by atoms with Gasteiger partial charge < -0.3 is 23.5 Å². The molecular weight excluding hydrogens is 410 g/mol. The van der Waals surface area contributed by atoms with Gasteiger partial charge in [0.1, 0.15) is 5.58 Å². The van der Waals surface area contributed by atoms with E-state index in [1.54, 1.807) is 55.5 Å². The molecule has 2 heterocycles. The van der Waals surface area contributed by atoms with E-state index in [-0.39, 0.29) is 23.2 Å². The first-order valence-electron chi connectivity index (χ1n) is 10.7. The first-order valence-corrected chi connectivity index (χ1v) is 10.7. The second kappa shape index (κ2) is 9.04. The van der Waals surface area contributed by atoms with Gasteiger partial charge in [-0.25, -0.2) is 0 Å². The minimum absolute atomic E-state index is 0.0956. The molecule has 1 aliphatic heterocycles. The van der Waals surface area contributed by atoms with E-state index in [9.17, 15) is 9.59 Å². The van der Waals surface area contributed by atoms with Gasteiger partial charge in [-0.2, -0.15) is 0 Å². The zero-order chi connectivity index (χ0) is 22.8. The molecule has 0 saturated carbocycles. The van der Waals surface area contributed by atoms with E-state index in [0.29, 0.717) is 47.6 Å². The van der Waals surface area contributed by atoms with Crippen LogP contribution in [0, 0.1) is 0 Å². The molecule has 0 N–H and O–H groups in total. The second-order valence-corrected chi connectivity index (χ2v) is 7.96. The van der Waals surface area contributed by atoms with Crippen LogP contribution in [0.15, 0.2) is 51.7 Å². The Balaban J connectivity index is 1.83. The topological polar surface area (TPSA) is 78.2 Å². The van der Waals surface area contributed by atoms with E-state index in [4.69, 9.17) is 18.6 Å². The number of amides is 1. The first-order chi connectivity index (χ1) is 15.5. The summed E-state index contributed by atoms with van der Waals surface area (Å²) in [6.07, 6.45) is 0.742. The van der Waals surface area contributed by atoms with Crippen LogP contribution in [-0.2, 0) is 4.74 Å². The molecule has 168 valence electrons. The van der Waals surface area contributed by atoms with Gasteiger partial charge in [-0.1, -0.05) is 18.2 Å². The fourth-order valence-corrected chi connectivity index (χ4v) is 4.12. The van der Waals surface area contributed by atoms with Crippen LogP contribution in [0.1, 0.15) is 48.0 Å². The highest BCUT2D eigenvalue weighted by atomic mass is 16.5. The van der Waals surface area contributed by atoms with Crippen molar-refractivity contribution < 1.29 is 23.4 Å². The van der Waals surface area contributed by atoms with Crippen LogP contribution in [-0.4, -0.2) is 44.3 Å². The molecule has 7 heteroatoms. The van der Waals surface area contributed by atoms with Gasteiger partial charge in [0.05, 0.1) is 37.3 Å². The Kier molecular flexibility index (Phi) is 6.19. The summed E-state index contributed by atoms with van der Waals surface area (Å²) in [6.45, 7) is 4.87. The van der Waals surface area contributed by atoms with Crippen LogP contribution in [0.5, 0.6) is 11.5 Å². The molecule has 0 radical (unpaired) electrons. The van der Waals surface area contributed by atoms with Crippen molar-refractivity contribution in [1.82, 2.24) is 4.90 Å². The molecule has 32 heavy (non-hydrogen) atoms. The van der Waals surface area contributed by atoms with Crippen molar-refractivity contribution in [2.75, 3.05) is 27.4 Å². The zero-order valence-corrected chi connectivity index (χ0v) is 18.7. The third-order valence-electron chi connectivity index (χ3n) is 5.59. The van der Waals surface area contributed by atoms with Gasteiger partial charge in [-0.3, -0.25) is 9.59 Å². The smallest absolute Gasteiger partial charge is 0.290 e. The van der Waals surface area contributed by atoms with Gasteiger partial charge in [0.25, 0.3) is 5.91 Å². The summed E-state index contributed by atoms with van der Waals surface area (Å²) < 4.78 is 22.4. The van der Waals surface area contributed by atoms with E-state index < -0.39 is 6.04 Å². The standard InChI is InChI=1S/C25H27NO6/c1-15(2)31-13-7-12-26-22(16-10-11-19(29-3)20(14-16)30-4)21-23(27)17-8-5-6-9-18(17)32-24(21)25(26)28/h5-6,8-11,14-15,22H,7,12-13H2,1-4H3/t22-/m0/s1. The summed E-state index contributed by atoms with van der Waals surface area (Å²) >= 11 is 0. The van der Waals surface area contributed by atoms with Crippen molar-refractivity contribution in [3.8, 4) is 11.5 Å². The third kappa shape index (κ3) is 3.84. The Bertz CT molecular complexity index is 1200. The maximum Gasteiger partial charge on any atom is 0.290 e. The van der Waals surface area contributed by atoms with Crippen LogP contribution in [0.2, 0.25) is 0 Å². The van der Waals surface area contributed by atoms with E-state index in [2.05, 4.69) is 0 Å². The molecule has 0 fully saturated rings. The maximum atomic E-state index is 13.5. The van der Waals surface area contributed by atoms with Gasteiger partial charge in [-0.15, -0.1) is 0 Å². The average Bonchev–Trinajstić information content (AvgIpc) is 3.08. The molecule has 0 spiro atoms. The fourth-order valence-electron chi connectivity index (χ4n) is 4.12. The Morgan fingerprint density at radius 1 is 1.03 bits per heavy atom. The summed E-state index contributed by atoms with van der Waals surface area (Å²) in [4.78, 5) is 28.5. The van der Waals surface area contributed by atoms with Crippen LogP contribution >= 0.6 is 0 Å². The SMILES string of the molecule is COc1ccc([C@H]2c3c(oc4ccccc4c3=O)C(=O)N2CCCOC(C)C)cc1OC. The van der Waals surface area contributed by atoms with Gasteiger partial charge in [0, 0.05) is 13.2 Å². The molecule has 1 amide bonds. The molecule has 0 aliphatic carbocycles. The lowest BCUT2D eigenvalue weighted by Gasteiger charge is -2.26. The third-order valence-corrected chi connectivity index (χ3v) is 5.59. The summed E-state index contributed by atoms with van der Waals surface area (Å²) in [5, 5.41) is 0.453. The Morgan fingerprint density at radius 2 is 1.78 bits per heavy atom. The molecule has 0 saturated heterocycles. The average molecular weight is 437 g/mol. The first kappa shape index (κ1) is 21.9. The second-order valence-electron chi connectivity index (χ2n) is 7.96. The lowest BCUT2D eigenvalue weighted by atomic mass is 9.98. The highest BCUT2D eigenvalue weighted by Gasteiger charge is 2.42. The number of carbonyl (C=O) groups is 1. The number of hydrogen-bond acceptors (Lipinski definition) is 6. The number of benzene rings is 2. The largest absolute Gasteiger partial charge is 0.493 e. The summed E-state index contributed by atoms with van der Waals surface area (Å²) in [5.41, 5.74) is 1.31. The Labute approximate surface area is 186 Å². The van der Waals surface area contributed by atoms with Crippen LogP contribution in [0.3, 0.4) is 0 Å². The summed E-state index contributed by atoms with van der Waals surface area (Å²) in [5.74, 6) is 0.896. The highest BCUT2D eigenvalue weighted by Crippen LogP contribution is 2.40. The molecule has 1 aromatic heterocycles. The molecule has 0 bridgehead atoms. The van der Waals surface area contributed by atoms with Gasteiger partial charge >= 0.3 is 0 Å². The predicted molar refractivity (Wildman–Crippen MR) is 121 cm³/mol. The van der Waals surface area contributed by atoms with Crippen LogP contribution in [0.4, 0.5) is 0 Å². The molecule has 2 aromatic carbocycles. The van der Waals surface area contributed by atoms with Crippen molar-refractivity contribution in [1.29, 1.82) is 0 Å². The molecule has 1 atom stereocenters. The van der Waals surface area contributed by atoms with Crippen LogP contribution < -0.4 is 14.9 Å². The van der Waals surface area contributed by atoms with Crippen LogP contribution in [0.25, 0.3) is 11.0 Å². The number of fused-ring (bicyclic) bond motifs is 2. The van der Waals surface area contributed by atoms with E-state index in [1.807, 2.05) is 19.9 Å². The van der Waals surface area contributed by atoms with E-state index in [0.717, 1.165) is 5.56 Å². The highest BCUT2D eigenvalue weighted by molar-refractivity contribution is 5.99. The number of rotatable bonds is 8. The molecule has 7 nitrogen and oxygen atoms in total. The monoisotopic (exact) mass is 437 g/mol. The van der Waals surface area contributed by atoms with Gasteiger partial charge in [0.2, 0.25) is 5.76 Å². The normalized spacial score (nSPS) is 15.5. The molecule has 4 rings (SSSR count). The number of methoxy groups -OCH3 is 2. The predicted octanol–water partition coefficient (Wildman–Crippen LogP) is 4.17. The number of para-hydroxylation sites is 1. The number of hydrogen-bond donors (Lipinski definition) is 0. The van der Waals surface area contributed by atoms with E-state index >= 15 is 0 Å². The number of nitrogens with zero attached hydrogens (tertiary/aromatic N) is 1. The number of ether oxygens (including phenoxy) is 3. The van der Waals surface area contributed by atoms with Crippen molar-refractivity contribution in [2.24, 2.45) is 0 Å². The fraction of sp³-hybridized carbons (Fsp3) is 0.360. The quantitative estimate of drug-likeness (QED) is 0.492. The number of carbonyl (C=O) groups excluding carboxylic acids is 1. The molecule has 0 unspecified atom stereocenters. The maximum absolute atomic E-state index is 13.5. The Morgan fingerprint density at radius 3 is 2.50 bits per heavy atom. The van der Waals surface area contributed by atoms with Crippen molar-refractivity contribution in [2.45, 2.75) is 32.4 Å². The summed E-state index contributed by atoms with van der Waals surface area (Å²) in [7, 11) is 3.12. The van der Waals surface area contributed by atoms with Gasteiger partial charge in [-0.05, 0) is 50.1 Å². The minimum atomic E-state index is -0.586. The minimum Gasteiger partial charge on any atom is -0.493 e.